The number of nitrogens with zero attached hydrogens (tertiary/aromatic N) is 3. The number of hydrogen-bond acceptors (Lipinski definition) is 6. The molecular weight excluding hydrogens is 346 g/mol. The monoisotopic (exact) mass is 365 g/mol. The number of carbonyl (C=O) groups is 1. The Balaban J connectivity index is 1.29. The second-order valence-corrected chi connectivity index (χ2v) is 7.18. The molecule has 132 valence electrons. The molecule has 0 spiro atoms. The first-order valence-electron chi connectivity index (χ1n) is 8.54. The van der Waals surface area contributed by atoms with Crippen LogP contribution >= 0.6 is 11.3 Å². The minimum Gasteiger partial charge on any atom is -0.373 e. The molecule has 1 aliphatic heterocycles. The highest BCUT2D eigenvalue weighted by atomic mass is 32.1. The van der Waals surface area contributed by atoms with E-state index in [1.165, 1.54) is 22.5 Å². The molecular formula is C19H19N5OS. The number of fused-ring (bicyclic) bond motifs is 1. The maximum absolute atomic E-state index is 12.4. The Morgan fingerprint density at radius 3 is 3.04 bits per heavy atom. The van der Waals surface area contributed by atoms with Crippen molar-refractivity contribution in [3.05, 3.63) is 58.9 Å². The van der Waals surface area contributed by atoms with E-state index in [2.05, 4.69) is 44.6 Å². The molecule has 2 N–H and O–H groups in total. The Labute approximate surface area is 155 Å². The van der Waals surface area contributed by atoms with Gasteiger partial charge in [-0.05, 0) is 24.6 Å². The quantitative estimate of drug-likeness (QED) is 0.726. The lowest BCUT2D eigenvalue weighted by atomic mass is 10.1. The average Bonchev–Trinajstić information content (AvgIpc) is 3.29. The molecule has 7 heteroatoms. The molecule has 0 aliphatic carbocycles. The Kier molecular flexibility index (Phi) is 4.62. The lowest BCUT2D eigenvalue weighted by Gasteiger charge is -2.11. The second kappa shape index (κ2) is 7.21. The van der Waals surface area contributed by atoms with Crippen molar-refractivity contribution in [2.45, 2.75) is 25.8 Å². The summed E-state index contributed by atoms with van der Waals surface area (Å²) in [6, 6.07) is 7.82. The zero-order chi connectivity index (χ0) is 17.9. The normalized spacial score (nSPS) is 15.3. The second-order valence-electron chi connectivity index (χ2n) is 6.32. The van der Waals surface area contributed by atoms with E-state index in [9.17, 15) is 4.79 Å². The van der Waals surface area contributed by atoms with Crippen LogP contribution in [0.3, 0.4) is 0 Å². The molecule has 6 nitrogen and oxygen atoms in total. The Morgan fingerprint density at radius 1 is 1.35 bits per heavy atom. The summed E-state index contributed by atoms with van der Waals surface area (Å²) < 4.78 is 0. The fourth-order valence-electron chi connectivity index (χ4n) is 3.02. The maximum Gasteiger partial charge on any atom is 0.242 e. The molecule has 0 saturated carbocycles. The lowest BCUT2D eigenvalue weighted by Crippen LogP contribution is -2.39. The van der Waals surface area contributed by atoms with E-state index in [-0.39, 0.29) is 11.9 Å². The smallest absolute Gasteiger partial charge is 0.242 e. The summed E-state index contributed by atoms with van der Waals surface area (Å²) >= 11 is 1.52. The predicted molar refractivity (Wildman–Crippen MR) is 102 cm³/mol. The minimum atomic E-state index is -0.199. The van der Waals surface area contributed by atoms with Crippen LogP contribution in [0.25, 0.3) is 10.8 Å². The highest BCUT2D eigenvalue weighted by molar-refractivity contribution is 7.13. The summed E-state index contributed by atoms with van der Waals surface area (Å²) in [6.45, 7) is 2.63. The van der Waals surface area contributed by atoms with Crippen LogP contribution in [-0.2, 0) is 17.6 Å². The van der Waals surface area contributed by atoms with Gasteiger partial charge in [0.2, 0.25) is 5.91 Å². The van der Waals surface area contributed by atoms with Crippen LogP contribution in [-0.4, -0.2) is 33.4 Å². The number of anilines is 1. The molecule has 1 aromatic carbocycles. The van der Waals surface area contributed by atoms with Gasteiger partial charge in [-0.15, -0.1) is 11.3 Å². The van der Waals surface area contributed by atoms with Gasteiger partial charge >= 0.3 is 0 Å². The fraction of sp³-hybridized carbons (Fsp3) is 0.263. The third-order valence-electron chi connectivity index (χ3n) is 4.32. The number of thiazole rings is 1. The van der Waals surface area contributed by atoms with Crippen molar-refractivity contribution in [2.24, 2.45) is 0 Å². The van der Waals surface area contributed by atoms with Gasteiger partial charge in [-0.3, -0.25) is 4.79 Å². The summed E-state index contributed by atoms with van der Waals surface area (Å²) in [6.07, 6.45) is 4.83. The van der Waals surface area contributed by atoms with Gasteiger partial charge in [-0.1, -0.05) is 17.7 Å². The summed E-state index contributed by atoms with van der Waals surface area (Å²) in [5, 5.41) is 9.09. The third-order valence-corrected chi connectivity index (χ3v) is 5.21. The number of rotatable bonds is 5. The van der Waals surface area contributed by atoms with Gasteiger partial charge < -0.3 is 10.6 Å². The average molecular weight is 365 g/mol. The minimum absolute atomic E-state index is 0.0284. The zero-order valence-electron chi connectivity index (χ0n) is 14.4. The molecule has 0 radical (unpaired) electrons. The highest BCUT2D eigenvalue weighted by Gasteiger charge is 2.26. The number of carbonyl (C=O) groups excluding carboxylic acids is 1. The van der Waals surface area contributed by atoms with Crippen molar-refractivity contribution in [3.8, 4) is 10.8 Å². The van der Waals surface area contributed by atoms with Gasteiger partial charge in [0.05, 0.1) is 5.69 Å². The predicted octanol–water partition coefficient (Wildman–Crippen LogP) is 2.60. The molecule has 0 fully saturated rings. The first kappa shape index (κ1) is 16.7. The molecule has 3 aromatic rings. The van der Waals surface area contributed by atoms with Gasteiger partial charge in [0.15, 0.2) is 10.8 Å². The van der Waals surface area contributed by atoms with E-state index < -0.39 is 0 Å². The number of benzene rings is 1. The van der Waals surface area contributed by atoms with Crippen LogP contribution in [0.5, 0.6) is 0 Å². The Bertz CT molecular complexity index is 925. The van der Waals surface area contributed by atoms with Crippen LogP contribution < -0.4 is 10.6 Å². The molecule has 26 heavy (non-hydrogen) atoms. The van der Waals surface area contributed by atoms with Crippen molar-refractivity contribution in [1.29, 1.82) is 0 Å². The molecule has 3 heterocycles. The van der Waals surface area contributed by atoms with Crippen LogP contribution in [0, 0.1) is 6.92 Å². The van der Waals surface area contributed by atoms with Gasteiger partial charge in [-0.2, -0.15) is 0 Å². The van der Waals surface area contributed by atoms with E-state index in [0.717, 1.165) is 22.8 Å². The summed E-state index contributed by atoms with van der Waals surface area (Å²) in [7, 11) is 0. The van der Waals surface area contributed by atoms with E-state index in [4.69, 9.17) is 0 Å². The van der Waals surface area contributed by atoms with E-state index in [0.29, 0.717) is 18.8 Å². The maximum atomic E-state index is 12.4. The number of aromatic nitrogens is 3. The third kappa shape index (κ3) is 3.57. The number of hydrogen-bond donors (Lipinski definition) is 2. The zero-order valence-corrected chi connectivity index (χ0v) is 15.2. The summed E-state index contributed by atoms with van der Waals surface area (Å²) in [4.78, 5) is 25.4. The molecule has 0 unspecified atom stereocenters. The molecule has 1 aliphatic rings. The lowest BCUT2D eigenvalue weighted by molar-refractivity contribution is -0.121. The van der Waals surface area contributed by atoms with Crippen LogP contribution in [0.2, 0.25) is 0 Å². The standard InChI is InChI=1S/C19H19N5OS/c1-12-3-4-15-13(9-12)10-16(24-15)18(25)22-8-5-14-11-26-19(23-14)17-20-6-2-7-21-17/h2-4,6-7,9,11,16,24H,5,8,10H2,1H3,(H,22,25)/t16-/m1/s1. The highest BCUT2D eigenvalue weighted by Crippen LogP contribution is 2.26. The van der Waals surface area contributed by atoms with Crippen LogP contribution in [0.1, 0.15) is 16.8 Å². The molecule has 2 aromatic heterocycles. The van der Waals surface area contributed by atoms with E-state index >= 15 is 0 Å². The van der Waals surface area contributed by atoms with Gasteiger partial charge in [0.1, 0.15) is 6.04 Å². The number of amides is 1. The first-order chi connectivity index (χ1) is 12.7. The summed E-state index contributed by atoms with van der Waals surface area (Å²) in [5.41, 5.74) is 4.42. The Hall–Kier alpha value is -2.80. The molecule has 1 atom stereocenters. The first-order valence-corrected chi connectivity index (χ1v) is 9.42. The SMILES string of the molecule is Cc1ccc2c(c1)C[C@H](C(=O)NCCc1csc(-c3ncccn3)n1)N2. The number of aryl methyl sites for hydroxylation is 1. The van der Waals surface area contributed by atoms with Crippen molar-refractivity contribution in [1.82, 2.24) is 20.3 Å². The molecule has 0 saturated heterocycles. The van der Waals surface area contributed by atoms with Crippen molar-refractivity contribution in [2.75, 3.05) is 11.9 Å². The Morgan fingerprint density at radius 2 is 2.19 bits per heavy atom. The van der Waals surface area contributed by atoms with Crippen molar-refractivity contribution in [3.63, 3.8) is 0 Å². The topological polar surface area (TPSA) is 79.8 Å². The summed E-state index contributed by atoms with van der Waals surface area (Å²) in [5.74, 6) is 0.664. The van der Waals surface area contributed by atoms with E-state index in [1.54, 1.807) is 18.5 Å². The van der Waals surface area contributed by atoms with Crippen molar-refractivity contribution >= 4 is 22.9 Å². The van der Waals surface area contributed by atoms with Gasteiger partial charge in [0.25, 0.3) is 0 Å². The van der Waals surface area contributed by atoms with Crippen LogP contribution in [0.4, 0.5) is 5.69 Å². The number of nitrogens with one attached hydrogen (secondary N) is 2. The molecule has 1 amide bonds. The van der Waals surface area contributed by atoms with Crippen molar-refractivity contribution < 1.29 is 4.79 Å². The van der Waals surface area contributed by atoms with Gasteiger partial charge in [0, 0.05) is 42.8 Å². The van der Waals surface area contributed by atoms with E-state index in [1.807, 2.05) is 11.4 Å². The fourth-order valence-corrected chi connectivity index (χ4v) is 3.82. The molecule has 0 bridgehead atoms. The largest absolute Gasteiger partial charge is 0.373 e. The van der Waals surface area contributed by atoms with Crippen LogP contribution in [0.15, 0.2) is 42.0 Å². The molecule has 4 rings (SSSR count). The van der Waals surface area contributed by atoms with Gasteiger partial charge in [-0.25, -0.2) is 15.0 Å².